The van der Waals surface area contributed by atoms with Crippen LogP contribution in [0.1, 0.15) is 210 Å². The highest BCUT2D eigenvalue weighted by Gasteiger charge is 2.28. The van der Waals surface area contributed by atoms with E-state index < -0.39 is 11.6 Å². The number of hydrogen-bond acceptors (Lipinski definition) is 8. The molecule has 0 aromatic heterocycles. The lowest BCUT2D eigenvalue weighted by atomic mass is 10.0. The molecule has 14 heteroatoms. The molecule has 0 saturated heterocycles. The van der Waals surface area contributed by atoms with E-state index in [-0.39, 0.29) is 104 Å². The molecule has 0 heterocycles. The molecule has 0 radical (unpaired) electrons. The third kappa shape index (κ3) is 18.7. The standard InChI is InChI=1S/C77H92N6O8/c1-51(2)78(70(84)63-31-17-16-18-32-63)45-57-25-19-33-64(39-57)71(85)79(52(3)4)46-58-26-20-34-65(40-58)72(86)80(53(5)6)47-59-27-21-35-66(41-59)73(87)81(54(7)8)48-60-28-22-36-67(42-60)74(88)82(55(9)10)49-61-29-23-37-68(43-61)75(89)83(56(11)12)50-62-30-24-38-69(44-62)76(90)91-77(13,14)15/h16-44,51-56H,45-50H2,1-15H3. The maximum atomic E-state index is 14.6. The second kappa shape index (κ2) is 31.0. The molecule has 7 rings (SSSR count). The molecule has 0 aliphatic heterocycles. The Morgan fingerprint density at radius 3 is 0.670 bits per heavy atom. The molecule has 478 valence electrons. The molecule has 0 aliphatic carbocycles. The quantitative estimate of drug-likeness (QED) is 0.0514. The summed E-state index contributed by atoms with van der Waals surface area (Å²) < 4.78 is 5.60. The van der Waals surface area contributed by atoms with E-state index in [2.05, 4.69) is 0 Å². The maximum Gasteiger partial charge on any atom is 0.338 e. The zero-order chi connectivity index (χ0) is 66.4. The lowest BCUT2D eigenvalue weighted by molar-refractivity contribution is 0.00684. The molecule has 0 bridgehead atoms. The topological polar surface area (TPSA) is 148 Å². The number of carbonyl (C=O) groups excluding carboxylic acids is 7. The summed E-state index contributed by atoms with van der Waals surface area (Å²) in [4.78, 5) is 109. The van der Waals surface area contributed by atoms with E-state index in [9.17, 15) is 33.6 Å². The Hall–Kier alpha value is -9.17. The summed E-state index contributed by atoms with van der Waals surface area (Å²) in [6, 6.07) is 52.3. The van der Waals surface area contributed by atoms with E-state index in [1.54, 1.807) is 77.9 Å². The Bertz CT molecular complexity index is 3700. The van der Waals surface area contributed by atoms with Gasteiger partial charge >= 0.3 is 5.97 Å². The van der Waals surface area contributed by atoms with Crippen molar-refractivity contribution in [2.45, 2.75) is 185 Å². The van der Waals surface area contributed by atoms with Gasteiger partial charge in [-0.25, -0.2) is 4.79 Å². The van der Waals surface area contributed by atoms with Gasteiger partial charge in [-0.15, -0.1) is 0 Å². The molecule has 14 nitrogen and oxygen atoms in total. The number of esters is 1. The fourth-order valence-corrected chi connectivity index (χ4v) is 10.8. The maximum absolute atomic E-state index is 14.6. The monoisotopic (exact) mass is 1230 g/mol. The smallest absolute Gasteiger partial charge is 0.338 e. The van der Waals surface area contributed by atoms with Crippen molar-refractivity contribution in [1.29, 1.82) is 0 Å². The van der Waals surface area contributed by atoms with E-state index in [0.29, 0.717) is 45.5 Å². The number of hydrogen-bond donors (Lipinski definition) is 0. The van der Waals surface area contributed by atoms with Gasteiger partial charge in [-0.1, -0.05) is 91.0 Å². The van der Waals surface area contributed by atoms with Crippen molar-refractivity contribution in [2.24, 2.45) is 0 Å². The van der Waals surface area contributed by atoms with Crippen LogP contribution in [0.4, 0.5) is 0 Å². The third-order valence-electron chi connectivity index (χ3n) is 15.9. The van der Waals surface area contributed by atoms with Gasteiger partial charge in [0.05, 0.1) is 5.56 Å². The van der Waals surface area contributed by atoms with Gasteiger partial charge in [0.1, 0.15) is 5.60 Å². The van der Waals surface area contributed by atoms with Crippen molar-refractivity contribution < 1.29 is 38.3 Å². The first-order chi connectivity index (χ1) is 43.1. The third-order valence-corrected chi connectivity index (χ3v) is 15.9. The van der Waals surface area contributed by atoms with Crippen LogP contribution in [-0.4, -0.2) is 113 Å². The van der Waals surface area contributed by atoms with Crippen molar-refractivity contribution in [3.8, 4) is 0 Å². The summed E-state index contributed by atoms with van der Waals surface area (Å²) >= 11 is 0. The van der Waals surface area contributed by atoms with Crippen LogP contribution in [0.3, 0.4) is 0 Å². The Balaban J connectivity index is 1.01. The molecular weight excluding hydrogens is 1140 g/mol. The first-order valence-corrected chi connectivity index (χ1v) is 31.8. The van der Waals surface area contributed by atoms with Gasteiger partial charge in [0, 0.05) is 109 Å². The minimum atomic E-state index is -0.648. The van der Waals surface area contributed by atoms with Crippen LogP contribution < -0.4 is 0 Å². The van der Waals surface area contributed by atoms with E-state index in [0.717, 1.165) is 33.4 Å². The second-order valence-corrected chi connectivity index (χ2v) is 26.2. The molecule has 0 saturated carbocycles. The fourth-order valence-electron chi connectivity index (χ4n) is 10.8. The first-order valence-electron chi connectivity index (χ1n) is 31.8. The van der Waals surface area contributed by atoms with Crippen LogP contribution >= 0.6 is 0 Å². The summed E-state index contributed by atoms with van der Waals surface area (Å²) in [5.74, 6) is -1.42. The molecule has 0 atom stereocenters. The van der Waals surface area contributed by atoms with Gasteiger partial charge < -0.3 is 34.1 Å². The van der Waals surface area contributed by atoms with Crippen molar-refractivity contribution in [2.75, 3.05) is 0 Å². The van der Waals surface area contributed by atoms with Crippen LogP contribution in [-0.2, 0) is 44.0 Å². The zero-order valence-corrected chi connectivity index (χ0v) is 55.9. The number of ether oxygens (including phenoxy) is 1. The molecule has 91 heavy (non-hydrogen) atoms. The molecule has 7 aromatic carbocycles. The second-order valence-electron chi connectivity index (χ2n) is 26.2. The van der Waals surface area contributed by atoms with Crippen LogP contribution in [0.15, 0.2) is 176 Å². The number of amides is 6. The number of rotatable bonds is 25. The Labute approximate surface area is 539 Å². The molecule has 0 N–H and O–H groups in total. The lowest BCUT2D eigenvalue weighted by Gasteiger charge is -2.30. The van der Waals surface area contributed by atoms with Crippen molar-refractivity contribution >= 4 is 41.4 Å². The summed E-state index contributed by atoms with van der Waals surface area (Å²) in [5, 5.41) is 0. The number of benzene rings is 7. The van der Waals surface area contributed by atoms with Gasteiger partial charge in [0.2, 0.25) is 0 Å². The van der Waals surface area contributed by atoms with Crippen molar-refractivity contribution in [1.82, 2.24) is 29.4 Å². The molecule has 6 amide bonds. The predicted octanol–water partition coefficient (Wildman–Crippen LogP) is 14.9. The summed E-state index contributed by atoms with van der Waals surface area (Å²) in [7, 11) is 0. The average Bonchev–Trinajstić information content (AvgIpc) is 2.96. The highest BCUT2D eigenvalue weighted by molar-refractivity contribution is 5.98. The molecule has 0 aliphatic rings. The van der Waals surface area contributed by atoms with Crippen LogP contribution in [0.5, 0.6) is 0 Å². The predicted molar refractivity (Wildman–Crippen MR) is 360 cm³/mol. The highest BCUT2D eigenvalue weighted by atomic mass is 16.6. The summed E-state index contributed by atoms with van der Waals surface area (Å²) in [6.07, 6.45) is 0. The van der Waals surface area contributed by atoms with Crippen molar-refractivity contribution in [3.63, 3.8) is 0 Å². The first kappa shape index (κ1) is 69.3. The van der Waals surface area contributed by atoms with Gasteiger partial charge in [-0.3, -0.25) is 28.8 Å². The largest absolute Gasteiger partial charge is 0.456 e. The van der Waals surface area contributed by atoms with E-state index in [4.69, 9.17) is 4.74 Å². The van der Waals surface area contributed by atoms with E-state index in [1.165, 1.54) is 0 Å². The lowest BCUT2D eigenvalue weighted by Crippen LogP contribution is -2.38. The zero-order valence-electron chi connectivity index (χ0n) is 55.9. The minimum absolute atomic E-state index is 0.0731. The van der Waals surface area contributed by atoms with Crippen LogP contribution in [0.2, 0.25) is 0 Å². The normalized spacial score (nSPS) is 11.5. The van der Waals surface area contributed by atoms with Crippen LogP contribution in [0, 0.1) is 0 Å². The molecule has 0 spiro atoms. The number of carbonyl (C=O) groups is 7. The summed E-state index contributed by atoms with van der Waals surface area (Å²) in [6.45, 7) is 30.6. The number of nitrogens with zero attached hydrogens (tertiary/aromatic N) is 6. The van der Waals surface area contributed by atoms with Gasteiger partial charge in [0.25, 0.3) is 35.4 Å². The van der Waals surface area contributed by atoms with Gasteiger partial charge in [-0.2, -0.15) is 0 Å². The summed E-state index contributed by atoms with van der Waals surface area (Å²) in [5.41, 5.74) is 7.56. The van der Waals surface area contributed by atoms with E-state index in [1.807, 2.05) is 231 Å². The van der Waals surface area contributed by atoms with E-state index >= 15 is 0 Å². The SMILES string of the molecule is CC(C)N(Cc1cccc(C(=O)N(Cc2cccc(C(=O)N(Cc3cccc(C(=O)N(Cc4cccc(C(=O)N(Cc5cccc(C(=O)N(Cc6cccc(C(=O)OC(C)(C)C)c6)C(C)C)c5)C(C)C)c4)C(C)C)c3)C(C)C)c2)C(C)C)c1)C(=O)c1ccccc1. The van der Waals surface area contributed by atoms with Gasteiger partial charge in [-0.05, 0) is 222 Å². The van der Waals surface area contributed by atoms with Crippen molar-refractivity contribution in [3.05, 3.63) is 248 Å². The highest BCUT2D eigenvalue weighted by Crippen LogP contribution is 2.25. The van der Waals surface area contributed by atoms with Crippen LogP contribution in [0.25, 0.3) is 0 Å². The molecule has 0 fully saturated rings. The Morgan fingerprint density at radius 2 is 0.462 bits per heavy atom. The molecule has 0 unspecified atom stereocenters. The Kier molecular flexibility index (Phi) is 23.6. The fraction of sp³-hybridized carbons (Fsp3) is 0.364. The van der Waals surface area contributed by atoms with Gasteiger partial charge in [0.15, 0.2) is 0 Å². The molecule has 7 aromatic rings. The average molecular weight is 1230 g/mol. The Morgan fingerprint density at radius 1 is 0.275 bits per heavy atom. The molecular formula is C77H92N6O8. The minimum Gasteiger partial charge on any atom is -0.456 e.